The van der Waals surface area contributed by atoms with Gasteiger partial charge in [-0.05, 0) is 12.1 Å². The minimum absolute atomic E-state index is 0.167. The van der Waals surface area contributed by atoms with E-state index >= 15 is 0 Å². The van der Waals surface area contributed by atoms with E-state index in [1.54, 1.807) is 0 Å². The smallest absolute Gasteiger partial charge is 0.338 e. The fourth-order valence-corrected chi connectivity index (χ4v) is 1.13. The third-order valence-corrected chi connectivity index (χ3v) is 1.74. The van der Waals surface area contributed by atoms with Crippen LogP contribution in [0.4, 0.5) is 4.39 Å². The van der Waals surface area contributed by atoms with E-state index in [0.29, 0.717) is 0 Å². The number of carbonyl (C=O) groups is 1. The van der Waals surface area contributed by atoms with Crippen LogP contribution in [-0.4, -0.2) is 20.7 Å². The number of fused-ring (bicyclic) bond motifs is 1. The van der Waals surface area contributed by atoms with Gasteiger partial charge >= 0.3 is 5.97 Å². The normalized spacial score (nSPS) is 10.5. The summed E-state index contributed by atoms with van der Waals surface area (Å²) in [6.07, 6.45) is 2.81. The van der Waals surface area contributed by atoms with Gasteiger partial charge < -0.3 is 5.11 Å². The number of carboxylic acids is 1. The number of halogens is 1. The minimum atomic E-state index is -1.28. The fourth-order valence-electron chi connectivity index (χ4n) is 1.13. The molecule has 2 aromatic rings. The first-order chi connectivity index (χ1) is 6.20. The van der Waals surface area contributed by atoms with E-state index in [0.717, 1.165) is 0 Å². The van der Waals surface area contributed by atoms with E-state index < -0.39 is 11.8 Å². The maximum atomic E-state index is 13.3. The molecule has 0 amide bonds. The standard InChI is InChI=1S/C8H5FN2O2/c9-7-5(8(12)13)2-4-11-6(7)1-3-10-11/h1-4H,(H,12,13). The fraction of sp³-hybridized carbons (Fsp3) is 0. The molecule has 0 fully saturated rings. The highest BCUT2D eigenvalue weighted by molar-refractivity contribution is 5.89. The van der Waals surface area contributed by atoms with Crippen LogP contribution < -0.4 is 0 Å². The number of rotatable bonds is 1. The Morgan fingerprint density at radius 3 is 3.00 bits per heavy atom. The highest BCUT2D eigenvalue weighted by Gasteiger charge is 2.13. The topological polar surface area (TPSA) is 54.6 Å². The zero-order valence-corrected chi connectivity index (χ0v) is 6.44. The second-order valence-corrected chi connectivity index (χ2v) is 2.51. The van der Waals surface area contributed by atoms with E-state index in [9.17, 15) is 9.18 Å². The van der Waals surface area contributed by atoms with Crippen molar-refractivity contribution in [1.82, 2.24) is 9.61 Å². The van der Waals surface area contributed by atoms with Crippen molar-refractivity contribution in [2.75, 3.05) is 0 Å². The number of hydrogen-bond donors (Lipinski definition) is 1. The molecule has 13 heavy (non-hydrogen) atoms. The molecule has 2 rings (SSSR count). The summed E-state index contributed by atoms with van der Waals surface area (Å²) in [4.78, 5) is 10.5. The van der Waals surface area contributed by atoms with Crippen molar-refractivity contribution in [3.63, 3.8) is 0 Å². The summed E-state index contributed by atoms with van der Waals surface area (Å²) in [5.74, 6) is -2.03. The number of nitrogens with zero attached hydrogens (tertiary/aromatic N) is 2. The van der Waals surface area contributed by atoms with Crippen LogP contribution >= 0.6 is 0 Å². The quantitative estimate of drug-likeness (QED) is 0.716. The summed E-state index contributed by atoms with van der Waals surface area (Å²) in [5.41, 5.74) is -0.173. The lowest BCUT2D eigenvalue weighted by Gasteiger charge is -1.98. The molecule has 0 aliphatic heterocycles. The maximum absolute atomic E-state index is 13.3. The molecule has 0 radical (unpaired) electrons. The minimum Gasteiger partial charge on any atom is -0.478 e. The summed E-state index contributed by atoms with van der Waals surface area (Å²) in [5, 5.41) is 12.4. The molecule has 0 bridgehead atoms. The van der Waals surface area contributed by atoms with Crippen LogP contribution in [0.1, 0.15) is 10.4 Å². The van der Waals surface area contributed by atoms with Gasteiger partial charge in [-0.3, -0.25) is 0 Å². The number of aromatic nitrogens is 2. The van der Waals surface area contributed by atoms with Gasteiger partial charge in [0, 0.05) is 6.20 Å². The third kappa shape index (κ3) is 1.05. The Labute approximate surface area is 72.2 Å². The van der Waals surface area contributed by atoms with Crippen LogP contribution in [-0.2, 0) is 0 Å². The van der Waals surface area contributed by atoms with Crippen molar-refractivity contribution in [2.24, 2.45) is 0 Å². The first kappa shape index (κ1) is 7.72. The number of carboxylic acid groups (broad SMARTS) is 1. The van der Waals surface area contributed by atoms with Crippen molar-refractivity contribution < 1.29 is 14.3 Å². The molecule has 5 heteroatoms. The van der Waals surface area contributed by atoms with Crippen LogP contribution in [0.15, 0.2) is 24.5 Å². The number of hydrogen-bond acceptors (Lipinski definition) is 2. The van der Waals surface area contributed by atoms with Crippen LogP contribution in [0.2, 0.25) is 0 Å². The lowest BCUT2D eigenvalue weighted by atomic mass is 10.2. The number of aromatic carboxylic acids is 1. The molecule has 0 unspecified atom stereocenters. The largest absolute Gasteiger partial charge is 0.478 e. The lowest BCUT2D eigenvalue weighted by molar-refractivity contribution is 0.0692. The van der Waals surface area contributed by atoms with Gasteiger partial charge in [0.25, 0.3) is 0 Å². The summed E-state index contributed by atoms with van der Waals surface area (Å²) >= 11 is 0. The number of pyridine rings is 1. The van der Waals surface area contributed by atoms with Gasteiger partial charge in [0.15, 0.2) is 5.82 Å². The van der Waals surface area contributed by atoms with Gasteiger partial charge in [-0.1, -0.05) is 0 Å². The SMILES string of the molecule is O=C(O)c1ccn2nccc2c1F. The Bertz CT molecular complexity index is 478. The molecule has 0 saturated heterocycles. The molecule has 0 aliphatic carbocycles. The molecule has 1 N–H and O–H groups in total. The molecule has 0 aromatic carbocycles. The van der Waals surface area contributed by atoms with Crippen molar-refractivity contribution in [3.8, 4) is 0 Å². The molecule has 4 nitrogen and oxygen atoms in total. The summed E-state index contributed by atoms with van der Waals surface area (Å²) in [6.45, 7) is 0. The van der Waals surface area contributed by atoms with Gasteiger partial charge in [-0.25, -0.2) is 13.7 Å². The second-order valence-electron chi connectivity index (χ2n) is 2.51. The monoisotopic (exact) mass is 180 g/mol. The first-order valence-electron chi connectivity index (χ1n) is 3.55. The average molecular weight is 180 g/mol. The summed E-state index contributed by atoms with van der Waals surface area (Å²) in [7, 11) is 0. The van der Waals surface area contributed by atoms with Gasteiger partial charge in [-0.2, -0.15) is 5.10 Å². The second kappa shape index (κ2) is 2.55. The predicted octanol–water partition coefficient (Wildman–Crippen LogP) is 1.17. The zero-order chi connectivity index (χ0) is 9.42. The molecular weight excluding hydrogens is 175 g/mol. The first-order valence-corrected chi connectivity index (χ1v) is 3.55. The molecule has 2 aromatic heterocycles. The molecule has 66 valence electrons. The van der Waals surface area contributed by atoms with Gasteiger partial charge in [0.2, 0.25) is 0 Å². The highest BCUT2D eigenvalue weighted by Crippen LogP contribution is 2.13. The maximum Gasteiger partial charge on any atom is 0.338 e. The van der Waals surface area contributed by atoms with Crippen LogP contribution in [0.25, 0.3) is 5.52 Å². The molecule has 0 atom stereocenters. The van der Waals surface area contributed by atoms with Gasteiger partial charge in [0.1, 0.15) is 5.52 Å². The lowest BCUT2D eigenvalue weighted by Crippen LogP contribution is -2.02. The van der Waals surface area contributed by atoms with E-state index in [1.165, 1.54) is 29.0 Å². The Morgan fingerprint density at radius 1 is 1.54 bits per heavy atom. The van der Waals surface area contributed by atoms with Gasteiger partial charge in [0.05, 0.1) is 11.8 Å². The Morgan fingerprint density at radius 2 is 2.31 bits per heavy atom. The predicted molar refractivity (Wildman–Crippen MR) is 42.1 cm³/mol. The van der Waals surface area contributed by atoms with E-state index in [4.69, 9.17) is 5.11 Å². The molecule has 0 aliphatic rings. The van der Waals surface area contributed by atoms with Crippen molar-refractivity contribution >= 4 is 11.5 Å². The molecule has 2 heterocycles. The van der Waals surface area contributed by atoms with Crippen molar-refractivity contribution in [2.45, 2.75) is 0 Å². The van der Waals surface area contributed by atoms with Crippen molar-refractivity contribution in [3.05, 3.63) is 35.9 Å². The summed E-state index contributed by atoms with van der Waals surface area (Å²) < 4.78 is 14.6. The van der Waals surface area contributed by atoms with Crippen LogP contribution in [0.3, 0.4) is 0 Å². The van der Waals surface area contributed by atoms with E-state index in [1.807, 2.05) is 0 Å². The van der Waals surface area contributed by atoms with Gasteiger partial charge in [-0.15, -0.1) is 0 Å². The van der Waals surface area contributed by atoms with E-state index in [-0.39, 0.29) is 11.1 Å². The highest BCUT2D eigenvalue weighted by atomic mass is 19.1. The third-order valence-electron chi connectivity index (χ3n) is 1.74. The molecule has 0 saturated carbocycles. The Kier molecular flexibility index (Phi) is 1.51. The van der Waals surface area contributed by atoms with E-state index in [2.05, 4.69) is 5.10 Å². The molecular formula is C8H5FN2O2. The zero-order valence-electron chi connectivity index (χ0n) is 6.44. The Hall–Kier alpha value is -1.91. The average Bonchev–Trinajstić information content (AvgIpc) is 2.52. The Balaban J connectivity index is 2.80. The van der Waals surface area contributed by atoms with Crippen LogP contribution in [0, 0.1) is 5.82 Å². The molecule has 0 spiro atoms. The van der Waals surface area contributed by atoms with Crippen molar-refractivity contribution in [1.29, 1.82) is 0 Å². The van der Waals surface area contributed by atoms with Crippen LogP contribution in [0.5, 0.6) is 0 Å². The summed E-state index contributed by atoms with van der Waals surface area (Å²) in [6, 6.07) is 2.60.